The van der Waals surface area contributed by atoms with Crippen LogP contribution in [-0.4, -0.2) is 17.6 Å². The monoisotopic (exact) mass is 469 g/mol. The molecule has 1 aliphatic rings. The Bertz CT molecular complexity index is 1170. The number of aliphatic imine (C=N–C) groups is 2. The summed E-state index contributed by atoms with van der Waals surface area (Å²) in [5.74, 6) is 0.469. The van der Waals surface area contributed by atoms with Crippen LogP contribution in [0.2, 0.25) is 5.02 Å². The van der Waals surface area contributed by atoms with Gasteiger partial charge in [-0.15, -0.1) is 0 Å². The molecule has 4 rings (SSSR count). The minimum Gasteiger partial charge on any atom is -0.369 e. The molecule has 0 atom stereocenters. The predicted molar refractivity (Wildman–Crippen MR) is 126 cm³/mol. The minimum absolute atomic E-state index is 0.174. The molecule has 0 saturated carbocycles. The van der Waals surface area contributed by atoms with E-state index in [2.05, 4.69) is 50.2 Å². The van der Waals surface area contributed by atoms with Crippen LogP contribution >= 0.6 is 27.5 Å². The van der Waals surface area contributed by atoms with Crippen LogP contribution in [0.5, 0.6) is 0 Å². The van der Waals surface area contributed by atoms with Crippen molar-refractivity contribution in [2.45, 2.75) is 25.9 Å². The highest BCUT2D eigenvalue weighted by Crippen LogP contribution is 2.34. The van der Waals surface area contributed by atoms with Crippen molar-refractivity contribution in [1.29, 1.82) is 0 Å². The van der Waals surface area contributed by atoms with Crippen LogP contribution in [0.1, 0.15) is 25.0 Å². The van der Waals surface area contributed by atoms with Crippen LogP contribution in [0.25, 0.3) is 10.8 Å². The van der Waals surface area contributed by atoms with Gasteiger partial charge in [0.15, 0.2) is 0 Å². The van der Waals surface area contributed by atoms with Gasteiger partial charge in [-0.2, -0.15) is 4.99 Å². The zero-order valence-electron chi connectivity index (χ0n) is 16.2. The van der Waals surface area contributed by atoms with Crippen LogP contribution in [0.15, 0.2) is 69.1 Å². The topological polar surface area (TPSA) is 80.0 Å². The van der Waals surface area contributed by atoms with E-state index in [0.29, 0.717) is 17.4 Å². The summed E-state index contributed by atoms with van der Waals surface area (Å²) >= 11 is 10.4. The maximum atomic E-state index is 6.66. The van der Waals surface area contributed by atoms with Gasteiger partial charge < -0.3 is 11.5 Å². The summed E-state index contributed by atoms with van der Waals surface area (Å²) in [4.78, 5) is 10.3. The number of benzene rings is 3. The van der Waals surface area contributed by atoms with Crippen LogP contribution in [-0.2, 0) is 6.42 Å². The predicted octanol–water partition coefficient (Wildman–Crippen LogP) is 5.03. The van der Waals surface area contributed by atoms with Gasteiger partial charge in [0.2, 0.25) is 11.9 Å². The number of fused-ring (bicyclic) bond motifs is 1. The number of nitrogens with zero attached hydrogens (tertiary/aromatic N) is 3. The number of guanidine groups is 2. The molecular formula is C22H21BrClN5. The van der Waals surface area contributed by atoms with Crippen molar-refractivity contribution in [2.24, 2.45) is 21.5 Å². The third-order valence-electron chi connectivity index (χ3n) is 5.01. The molecule has 0 aliphatic carbocycles. The Balaban J connectivity index is 1.67. The van der Waals surface area contributed by atoms with E-state index >= 15 is 0 Å². The molecule has 3 aromatic carbocycles. The van der Waals surface area contributed by atoms with Crippen molar-refractivity contribution >= 4 is 55.9 Å². The zero-order chi connectivity index (χ0) is 20.8. The first-order chi connectivity index (χ1) is 13.8. The number of rotatable bonds is 3. The Hall–Kier alpha value is -2.57. The van der Waals surface area contributed by atoms with E-state index in [1.165, 1.54) is 16.3 Å². The molecular weight excluding hydrogens is 450 g/mol. The van der Waals surface area contributed by atoms with Crippen LogP contribution in [0, 0.1) is 0 Å². The molecule has 3 aromatic rings. The molecule has 29 heavy (non-hydrogen) atoms. The lowest BCUT2D eigenvalue weighted by Gasteiger charge is -2.38. The fraction of sp³-hybridized carbons (Fsp3) is 0.182. The highest BCUT2D eigenvalue weighted by atomic mass is 79.9. The second kappa shape index (κ2) is 7.35. The van der Waals surface area contributed by atoms with Gasteiger partial charge >= 0.3 is 0 Å². The van der Waals surface area contributed by atoms with Crippen molar-refractivity contribution in [1.82, 2.24) is 0 Å². The fourth-order valence-corrected chi connectivity index (χ4v) is 4.57. The van der Waals surface area contributed by atoms with Crippen molar-refractivity contribution in [3.05, 3.63) is 75.2 Å². The molecule has 1 aliphatic heterocycles. The van der Waals surface area contributed by atoms with E-state index in [9.17, 15) is 0 Å². The molecule has 4 N–H and O–H groups in total. The third-order valence-corrected chi connectivity index (χ3v) is 6.30. The molecule has 1 heterocycles. The standard InChI is InChI=1S/C22H21BrClN5/c1-22(2)28-20(25)27-21(26)29(22)16-10-9-14(18(24)12-16)11-15-8-7-13-5-3-4-6-17(13)19(15)23/h3-10,12H,11H2,1-2H3,(H4,25,26,27,28). The first-order valence-electron chi connectivity index (χ1n) is 9.20. The molecule has 0 radical (unpaired) electrons. The van der Waals surface area contributed by atoms with E-state index in [1.807, 2.05) is 49.1 Å². The van der Waals surface area contributed by atoms with Gasteiger partial charge in [-0.3, -0.25) is 4.90 Å². The van der Waals surface area contributed by atoms with Crippen LogP contribution in [0.3, 0.4) is 0 Å². The quantitative estimate of drug-likeness (QED) is 0.563. The lowest BCUT2D eigenvalue weighted by molar-refractivity contribution is 0.534. The maximum absolute atomic E-state index is 6.66. The highest BCUT2D eigenvalue weighted by molar-refractivity contribution is 9.10. The Morgan fingerprint density at radius 3 is 2.48 bits per heavy atom. The minimum atomic E-state index is -0.651. The van der Waals surface area contributed by atoms with Crippen molar-refractivity contribution in [3.63, 3.8) is 0 Å². The van der Waals surface area contributed by atoms with E-state index in [4.69, 9.17) is 23.1 Å². The van der Waals surface area contributed by atoms with Crippen LogP contribution in [0.4, 0.5) is 5.69 Å². The Morgan fingerprint density at radius 1 is 1.03 bits per heavy atom. The molecule has 0 fully saturated rings. The Labute approximate surface area is 183 Å². The zero-order valence-corrected chi connectivity index (χ0v) is 18.5. The summed E-state index contributed by atoms with van der Waals surface area (Å²) in [7, 11) is 0. The molecule has 5 nitrogen and oxygen atoms in total. The summed E-state index contributed by atoms with van der Waals surface area (Å²) in [6.45, 7) is 3.85. The lowest BCUT2D eigenvalue weighted by atomic mass is 10.0. The van der Waals surface area contributed by atoms with Crippen molar-refractivity contribution in [3.8, 4) is 0 Å². The summed E-state index contributed by atoms with van der Waals surface area (Å²) in [6, 6.07) is 18.5. The summed E-state index contributed by atoms with van der Waals surface area (Å²) in [5.41, 5.74) is 14.3. The Morgan fingerprint density at radius 2 is 1.76 bits per heavy atom. The maximum Gasteiger partial charge on any atom is 0.220 e. The van der Waals surface area contributed by atoms with Gasteiger partial charge in [-0.1, -0.05) is 54.1 Å². The van der Waals surface area contributed by atoms with Crippen LogP contribution < -0.4 is 16.4 Å². The molecule has 0 saturated heterocycles. The number of hydrogen-bond donors (Lipinski definition) is 2. The third kappa shape index (κ3) is 3.70. The number of halogens is 2. The molecule has 148 valence electrons. The molecule has 0 unspecified atom stereocenters. The average Bonchev–Trinajstić information content (AvgIpc) is 2.64. The number of anilines is 1. The van der Waals surface area contributed by atoms with Gasteiger partial charge in [0.05, 0.1) is 0 Å². The molecule has 0 spiro atoms. The molecule has 0 aromatic heterocycles. The first-order valence-corrected chi connectivity index (χ1v) is 10.4. The number of nitrogens with two attached hydrogens (primary N) is 2. The average molecular weight is 471 g/mol. The number of hydrogen-bond acceptors (Lipinski definition) is 5. The molecule has 0 bridgehead atoms. The summed E-state index contributed by atoms with van der Waals surface area (Å²) in [5, 5.41) is 3.05. The van der Waals surface area contributed by atoms with E-state index in [0.717, 1.165) is 15.7 Å². The largest absolute Gasteiger partial charge is 0.369 e. The summed E-state index contributed by atoms with van der Waals surface area (Å²) in [6.07, 6.45) is 0.711. The second-order valence-corrected chi connectivity index (χ2v) is 8.68. The fourth-order valence-electron chi connectivity index (χ4n) is 3.69. The first kappa shape index (κ1) is 19.7. The van der Waals surface area contributed by atoms with Gasteiger partial charge in [-0.25, -0.2) is 4.99 Å². The van der Waals surface area contributed by atoms with Gasteiger partial charge in [0.1, 0.15) is 5.66 Å². The molecule has 0 amide bonds. The highest BCUT2D eigenvalue weighted by Gasteiger charge is 2.33. The van der Waals surface area contributed by atoms with Gasteiger partial charge in [-0.05, 0) is 63.8 Å². The van der Waals surface area contributed by atoms with Crippen molar-refractivity contribution < 1.29 is 0 Å². The van der Waals surface area contributed by atoms with Gasteiger partial charge in [0.25, 0.3) is 0 Å². The SMILES string of the molecule is CC1(C)N=C(N)N=C(N)N1c1ccc(Cc2ccc3ccccc3c2Br)c(Cl)c1. The van der Waals surface area contributed by atoms with Crippen molar-refractivity contribution in [2.75, 3.05) is 4.90 Å². The van der Waals surface area contributed by atoms with E-state index < -0.39 is 5.66 Å². The smallest absolute Gasteiger partial charge is 0.220 e. The Kier molecular flexibility index (Phi) is 5.00. The normalized spacial score (nSPS) is 15.9. The van der Waals surface area contributed by atoms with E-state index in [1.54, 1.807) is 0 Å². The second-order valence-electron chi connectivity index (χ2n) is 7.48. The molecule has 7 heteroatoms. The lowest BCUT2D eigenvalue weighted by Crippen LogP contribution is -2.54. The summed E-state index contributed by atoms with van der Waals surface area (Å²) < 4.78 is 1.09. The van der Waals surface area contributed by atoms with E-state index in [-0.39, 0.29) is 5.96 Å². The van der Waals surface area contributed by atoms with Gasteiger partial charge in [0, 0.05) is 21.6 Å².